The third-order valence-electron chi connectivity index (χ3n) is 5.35. The number of aromatic amines is 1. The van der Waals surface area contributed by atoms with E-state index in [9.17, 15) is 5.11 Å². The molecule has 0 saturated heterocycles. The van der Waals surface area contributed by atoms with E-state index in [1.54, 1.807) is 0 Å². The lowest BCUT2D eigenvalue weighted by Crippen LogP contribution is -2.22. The SMILES string of the molecule is CCc1c(OCCc2cc(C(C)(C)C)c(CO)c(C(C)(C)C)c2)[nH]c(Cl)c1C. The second kappa shape index (κ2) is 8.51. The molecular weight excluding hydrogens is 370 g/mol. The number of hydrogen-bond acceptors (Lipinski definition) is 2. The first-order chi connectivity index (χ1) is 12.9. The van der Waals surface area contributed by atoms with Gasteiger partial charge >= 0.3 is 0 Å². The van der Waals surface area contributed by atoms with Gasteiger partial charge in [0.15, 0.2) is 5.88 Å². The van der Waals surface area contributed by atoms with Gasteiger partial charge in [0.25, 0.3) is 0 Å². The number of ether oxygens (including phenoxy) is 1. The minimum absolute atomic E-state index is 0.0333. The highest BCUT2D eigenvalue weighted by Gasteiger charge is 2.26. The summed E-state index contributed by atoms with van der Waals surface area (Å²) in [6.07, 6.45) is 1.69. The van der Waals surface area contributed by atoms with Crippen molar-refractivity contribution in [2.75, 3.05) is 6.61 Å². The second-order valence-corrected chi connectivity index (χ2v) is 10.0. The topological polar surface area (TPSA) is 45.2 Å². The van der Waals surface area contributed by atoms with Gasteiger partial charge in [0.2, 0.25) is 0 Å². The molecule has 2 rings (SSSR count). The van der Waals surface area contributed by atoms with Gasteiger partial charge < -0.3 is 14.8 Å². The van der Waals surface area contributed by atoms with Crippen LogP contribution < -0.4 is 4.74 Å². The van der Waals surface area contributed by atoms with Gasteiger partial charge in [-0.15, -0.1) is 0 Å². The third-order valence-corrected chi connectivity index (χ3v) is 5.73. The molecule has 2 N–H and O–H groups in total. The molecular formula is C24H36ClNO2. The van der Waals surface area contributed by atoms with E-state index in [4.69, 9.17) is 16.3 Å². The van der Waals surface area contributed by atoms with E-state index in [1.807, 2.05) is 6.92 Å². The van der Waals surface area contributed by atoms with Gasteiger partial charge in [0, 0.05) is 12.0 Å². The summed E-state index contributed by atoms with van der Waals surface area (Å²) in [6, 6.07) is 4.47. The molecule has 1 heterocycles. The lowest BCUT2D eigenvalue weighted by molar-refractivity contribution is 0.275. The lowest BCUT2D eigenvalue weighted by Gasteiger charge is -2.30. The van der Waals surface area contributed by atoms with Crippen LogP contribution in [0.15, 0.2) is 12.1 Å². The predicted octanol–water partition coefficient (Wildman–Crippen LogP) is 6.25. The Hall–Kier alpha value is -1.45. The fourth-order valence-electron chi connectivity index (χ4n) is 3.78. The molecule has 3 nitrogen and oxygen atoms in total. The van der Waals surface area contributed by atoms with Crippen LogP contribution in [0.25, 0.3) is 0 Å². The number of hydrogen-bond donors (Lipinski definition) is 2. The van der Waals surface area contributed by atoms with Crippen LogP contribution in [-0.4, -0.2) is 16.7 Å². The quantitative estimate of drug-likeness (QED) is 0.596. The first kappa shape index (κ1) is 22.8. The summed E-state index contributed by atoms with van der Waals surface area (Å²) >= 11 is 6.23. The third kappa shape index (κ3) is 4.93. The highest BCUT2D eigenvalue weighted by molar-refractivity contribution is 6.30. The van der Waals surface area contributed by atoms with Crippen LogP contribution in [0.3, 0.4) is 0 Å². The number of aromatic nitrogens is 1. The molecule has 28 heavy (non-hydrogen) atoms. The van der Waals surface area contributed by atoms with Gasteiger partial charge in [-0.2, -0.15) is 0 Å². The Morgan fingerprint density at radius 1 is 1.00 bits per heavy atom. The zero-order chi connectivity index (χ0) is 21.3. The minimum Gasteiger partial charge on any atom is -0.478 e. The molecule has 0 radical (unpaired) electrons. The highest BCUT2D eigenvalue weighted by Crippen LogP contribution is 2.35. The summed E-state index contributed by atoms with van der Waals surface area (Å²) in [5.41, 5.74) is 6.87. The first-order valence-electron chi connectivity index (χ1n) is 10.2. The molecule has 0 atom stereocenters. The van der Waals surface area contributed by atoms with Crippen molar-refractivity contribution in [3.8, 4) is 5.88 Å². The van der Waals surface area contributed by atoms with Crippen molar-refractivity contribution >= 4 is 11.6 Å². The summed E-state index contributed by atoms with van der Waals surface area (Å²) in [5.74, 6) is 0.782. The number of H-pyrrole nitrogens is 1. The number of aliphatic hydroxyl groups excluding tert-OH is 1. The molecule has 0 saturated carbocycles. The number of nitrogens with one attached hydrogen (secondary N) is 1. The van der Waals surface area contributed by atoms with E-state index in [-0.39, 0.29) is 17.4 Å². The molecule has 156 valence electrons. The minimum atomic E-state index is -0.0333. The zero-order valence-electron chi connectivity index (χ0n) is 18.7. The van der Waals surface area contributed by atoms with Gasteiger partial charge in [0.05, 0.1) is 13.2 Å². The van der Waals surface area contributed by atoms with Crippen LogP contribution in [0.2, 0.25) is 5.15 Å². The molecule has 0 amide bonds. The van der Waals surface area contributed by atoms with E-state index in [1.165, 1.54) is 16.7 Å². The molecule has 0 fully saturated rings. The normalized spacial score (nSPS) is 12.5. The Balaban J connectivity index is 2.32. The highest BCUT2D eigenvalue weighted by atomic mass is 35.5. The van der Waals surface area contributed by atoms with E-state index < -0.39 is 0 Å². The Kier molecular flexibility index (Phi) is 6.94. The molecule has 0 bridgehead atoms. The summed E-state index contributed by atoms with van der Waals surface area (Å²) < 4.78 is 6.05. The maximum Gasteiger partial charge on any atom is 0.195 e. The first-order valence-corrected chi connectivity index (χ1v) is 10.5. The summed E-state index contributed by atoms with van der Waals surface area (Å²) in [6.45, 7) is 18.0. The number of aliphatic hydroxyl groups is 1. The average Bonchev–Trinajstić information content (AvgIpc) is 2.86. The Morgan fingerprint density at radius 2 is 1.54 bits per heavy atom. The van der Waals surface area contributed by atoms with Gasteiger partial charge in [-0.05, 0) is 52.0 Å². The predicted molar refractivity (Wildman–Crippen MR) is 119 cm³/mol. The Morgan fingerprint density at radius 3 is 1.96 bits per heavy atom. The molecule has 0 unspecified atom stereocenters. The molecule has 2 aromatic rings. The van der Waals surface area contributed by atoms with Crippen molar-refractivity contribution in [1.82, 2.24) is 4.98 Å². The molecule has 4 heteroatoms. The van der Waals surface area contributed by atoms with E-state index in [2.05, 4.69) is 65.6 Å². The summed E-state index contributed by atoms with van der Waals surface area (Å²) in [7, 11) is 0. The van der Waals surface area contributed by atoms with Gasteiger partial charge in [-0.3, -0.25) is 0 Å². The fourth-order valence-corrected chi connectivity index (χ4v) is 3.98. The van der Waals surface area contributed by atoms with Crippen molar-refractivity contribution in [1.29, 1.82) is 0 Å². The van der Waals surface area contributed by atoms with Crippen molar-refractivity contribution in [3.63, 3.8) is 0 Å². The maximum absolute atomic E-state index is 10.1. The van der Waals surface area contributed by atoms with Crippen molar-refractivity contribution in [3.05, 3.63) is 50.7 Å². The fraction of sp³-hybridized carbons (Fsp3) is 0.583. The van der Waals surface area contributed by atoms with Crippen molar-refractivity contribution in [2.45, 2.75) is 85.7 Å². The number of halogens is 1. The van der Waals surface area contributed by atoms with Crippen LogP contribution in [0.5, 0.6) is 5.88 Å². The maximum atomic E-state index is 10.1. The van der Waals surface area contributed by atoms with E-state index in [0.29, 0.717) is 11.8 Å². The summed E-state index contributed by atoms with van der Waals surface area (Å²) in [4.78, 5) is 3.15. The van der Waals surface area contributed by atoms with Crippen LogP contribution in [0.1, 0.15) is 81.8 Å². The molecule has 0 aliphatic heterocycles. The smallest absolute Gasteiger partial charge is 0.195 e. The van der Waals surface area contributed by atoms with Crippen molar-refractivity contribution in [2.24, 2.45) is 0 Å². The molecule has 1 aromatic carbocycles. The van der Waals surface area contributed by atoms with Crippen LogP contribution in [-0.2, 0) is 30.3 Å². The molecule has 0 spiro atoms. The van der Waals surface area contributed by atoms with Gasteiger partial charge in [-0.1, -0.05) is 72.2 Å². The lowest BCUT2D eigenvalue weighted by atomic mass is 9.75. The number of rotatable bonds is 6. The molecule has 0 aliphatic carbocycles. The zero-order valence-corrected chi connectivity index (χ0v) is 19.5. The summed E-state index contributed by atoms with van der Waals surface area (Å²) in [5, 5.41) is 10.7. The number of benzene rings is 1. The average molecular weight is 406 g/mol. The second-order valence-electron chi connectivity index (χ2n) is 9.65. The van der Waals surface area contributed by atoms with Crippen LogP contribution in [0, 0.1) is 6.92 Å². The van der Waals surface area contributed by atoms with E-state index in [0.717, 1.165) is 35.4 Å². The molecule has 1 aromatic heterocycles. The largest absolute Gasteiger partial charge is 0.478 e. The standard InChI is InChI=1S/C24H36ClNO2/c1-9-17-15(2)21(25)26-22(17)28-11-10-16-12-19(23(3,4)5)18(14-27)20(13-16)24(6,7)8/h12-13,26-27H,9-11,14H2,1-8H3. The van der Waals surface area contributed by atoms with Crippen LogP contribution >= 0.6 is 11.6 Å². The monoisotopic (exact) mass is 405 g/mol. The van der Waals surface area contributed by atoms with Gasteiger partial charge in [0.1, 0.15) is 5.15 Å². The van der Waals surface area contributed by atoms with Gasteiger partial charge in [-0.25, -0.2) is 0 Å². The van der Waals surface area contributed by atoms with Crippen LogP contribution in [0.4, 0.5) is 0 Å². The molecule has 0 aliphatic rings. The Bertz CT molecular complexity index is 787. The van der Waals surface area contributed by atoms with Crippen molar-refractivity contribution < 1.29 is 9.84 Å². The Labute approximate surface area is 175 Å². The van der Waals surface area contributed by atoms with E-state index >= 15 is 0 Å².